The quantitative estimate of drug-likeness (QED) is 0.456. The lowest BCUT2D eigenvalue weighted by Crippen LogP contribution is -2.35. The molecular weight excluding hydrogens is 494 g/mol. The summed E-state index contributed by atoms with van der Waals surface area (Å²) in [6.07, 6.45) is 0. The molecule has 1 fully saturated rings. The Balaban J connectivity index is 1.49. The first-order valence-corrected chi connectivity index (χ1v) is 11.5. The van der Waals surface area contributed by atoms with E-state index in [2.05, 4.69) is 33.0 Å². The maximum Gasteiger partial charge on any atom is 0.269 e. The number of ether oxygens (including phenoxy) is 2. The van der Waals surface area contributed by atoms with Crippen molar-refractivity contribution < 1.29 is 18.3 Å². The normalized spacial score (nSPS) is 14.4. The average molecular weight is 519 g/mol. The second kappa shape index (κ2) is 10.6. The van der Waals surface area contributed by atoms with E-state index in [-0.39, 0.29) is 22.2 Å². The number of aromatic nitrogens is 1. The van der Waals surface area contributed by atoms with Gasteiger partial charge in [0.05, 0.1) is 19.8 Å². The molecule has 5 nitrogen and oxygen atoms in total. The Kier molecular flexibility index (Phi) is 7.57. The third kappa shape index (κ3) is 5.88. The maximum atomic E-state index is 13.9. The molecule has 1 aliphatic heterocycles. The van der Waals surface area contributed by atoms with Crippen LogP contribution in [0.4, 0.5) is 8.78 Å². The van der Waals surface area contributed by atoms with E-state index in [4.69, 9.17) is 9.47 Å². The zero-order chi connectivity index (χ0) is 23.4. The molecular formula is C25H25BrF2N2O3. The third-order valence-electron chi connectivity index (χ3n) is 5.66. The summed E-state index contributed by atoms with van der Waals surface area (Å²) in [7, 11) is 0. The Morgan fingerprint density at radius 3 is 2.48 bits per heavy atom. The van der Waals surface area contributed by atoms with Crippen molar-refractivity contribution in [2.24, 2.45) is 0 Å². The molecule has 1 saturated heterocycles. The van der Waals surface area contributed by atoms with Gasteiger partial charge in [-0.2, -0.15) is 0 Å². The van der Waals surface area contributed by atoms with Crippen LogP contribution in [0.15, 0.2) is 57.8 Å². The zero-order valence-electron chi connectivity index (χ0n) is 18.3. The molecule has 174 valence electrons. The van der Waals surface area contributed by atoms with E-state index >= 15 is 0 Å². The number of rotatable bonds is 7. The van der Waals surface area contributed by atoms with Crippen molar-refractivity contribution in [2.75, 3.05) is 26.3 Å². The lowest BCUT2D eigenvalue weighted by molar-refractivity contribution is 0.0342. The molecule has 0 aliphatic carbocycles. The van der Waals surface area contributed by atoms with E-state index in [0.29, 0.717) is 12.3 Å². The molecule has 0 radical (unpaired) electrons. The summed E-state index contributed by atoms with van der Waals surface area (Å²) in [6.45, 7) is 6.33. The van der Waals surface area contributed by atoms with Crippen LogP contribution in [-0.2, 0) is 24.4 Å². The highest BCUT2D eigenvalue weighted by atomic mass is 79.9. The van der Waals surface area contributed by atoms with Gasteiger partial charge >= 0.3 is 0 Å². The topological polar surface area (TPSA) is 43.7 Å². The van der Waals surface area contributed by atoms with Gasteiger partial charge in [0.25, 0.3) is 5.56 Å². The average Bonchev–Trinajstić information content (AvgIpc) is 2.80. The van der Waals surface area contributed by atoms with E-state index in [0.717, 1.165) is 50.2 Å². The van der Waals surface area contributed by atoms with Gasteiger partial charge in [-0.1, -0.05) is 24.3 Å². The van der Waals surface area contributed by atoms with Crippen LogP contribution in [0.3, 0.4) is 0 Å². The van der Waals surface area contributed by atoms with Gasteiger partial charge in [0, 0.05) is 43.0 Å². The van der Waals surface area contributed by atoms with Crippen LogP contribution in [0.1, 0.15) is 22.4 Å². The standard InChI is InChI=1S/C25H25BrF2N2O3/c1-17-11-23(33-16-20-5-6-21(27)13-22(20)28)24(26)25(31)30(17)15-19-4-2-3-18(12-19)14-29-7-9-32-10-8-29/h2-6,11-13H,7-10,14-16H2,1H3. The Morgan fingerprint density at radius 1 is 1.03 bits per heavy atom. The number of halogens is 3. The number of hydrogen-bond donors (Lipinski definition) is 0. The van der Waals surface area contributed by atoms with Gasteiger partial charge in [-0.15, -0.1) is 0 Å². The van der Waals surface area contributed by atoms with Gasteiger partial charge in [0.15, 0.2) is 0 Å². The van der Waals surface area contributed by atoms with Crippen molar-refractivity contribution >= 4 is 15.9 Å². The van der Waals surface area contributed by atoms with Gasteiger partial charge in [-0.3, -0.25) is 9.69 Å². The monoisotopic (exact) mass is 518 g/mol. The second-order valence-electron chi connectivity index (χ2n) is 8.09. The smallest absolute Gasteiger partial charge is 0.269 e. The number of hydrogen-bond acceptors (Lipinski definition) is 4. The summed E-state index contributed by atoms with van der Waals surface area (Å²) in [5.74, 6) is -1.02. The highest BCUT2D eigenvalue weighted by Crippen LogP contribution is 2.24. The first-order chi connectivity index (χ1) is 15.9. The van der Waals surface area contributed by atoms with Crippen molar-refractivity contribution in [3.8, 4) is 5.75 Å². The Hall–Kier alpha value is -2.55. The van der Waals surface area contributed by atoms with Crippen LogP contribution in [0.2, 0.25) is 0 Å². The van der Waals surface area contributed by atoms with E-state index < -0.39 is 11.6 Å². The number of benzene rings is 2. The molecule has 0 saturated carbocycles. The molecule has 1 aromatic heterocycles. The van der Waals surface area contributed by atoms with Crippen molar-refractivity contribution in [3.63, 3.8) is 0 Å². The summed E-state index contributed by atoms with van der Waals surface area (Å²) in [6, 6.07) is 13.3. The van der Waals surface area contributed by atoms with Gasteiger partial charge in [0.1, 0.15) is 28.5 Å². The highest BCUT2D eigenvalue weighted by Gasteiger charge is 2.15. The largest absolute Gasteiger partial charge is 0.487 e. The zero-order valence-corrected chi connectivity index (χ0v) is 19.9. The lowest BCUT2D eigenvalue weighted by atomic mass is 10.1. The number of aryl methyl sites for hydroxylation is 1. The minimum Gasteiger partial charge on any atom is -0.487 e. The van der Waals surface area contributed by atoms with Gasteiger partial charge in [-0.05, 0) is 46.1 Å². The Labute approximate surface area is 199 Å². The summed E-state index contributed by atoms with van der Waals surface area (Å²) in [5.41, 5.74) is 2.92. The molecule has 0 atom stereocenters. The Morgan fingerprint density at radius 2 is 1.76 bits per heavy atom. The van der Waals surface area contributed by atoms with E-state index in [9.17, 15) is 13.6 Å². The fraction of sp³-hybridized carbons (Fsp3) is 0.320. The molecule has 0 N–H and O–H groups in total. The second-order valence-corrected chi connectivity index (χ2v) is 8.88. The van der Waals surface area contributed by atoms with Crippen LogP contribution in [-0.4, -0.2) is 35.8 Å². The molecule has 2 heterocycles. The fourth-order valence-electron chi connectivity index (χ4n) is 3.84. The lowest BCUT2D eigenvalue weighted by Gasteiger charge is -2.26. The molecule has 0 spiro atoms. The molecule has 8 heteroatoms. The van der Waals surface area contributed by atoms with Crippen molar-refractivity contribution in [1.29, 1.82) is 0 Å². The summed E-state index contributed by atoms with van der Waals surface area (Å²) >= 11 is 3.33. The first-order valence-electron chi connectivity index (χ1n) is 10.8. The van der Waals surface area contributed by atoms with Gasteiger partial charge < -0.3 is 14.0 Å². The SMILES string of the molecule is Cc1cc(OCc2ccc(F)cc2F)c(Br)c(=O)n1Cc1cccc(CN2CCOCC2)c1. The predicted molar refractivity (Wildman–Crippen MR) is 125 cm³/mol. The minimum atomic E-state index is -0.687. The van der Waals surface area contributed by atoms with E-state index in [1.165, 1.54) is 17.7 Å². The molecule has 0 unspecified atom stereocenters. The summed E-state index contributed by atoms with van der Waals surface area (Å²) in [5, 5.41) is 0. The van der Waals surface area contributed by atoms with Crippen LogP contribution < -0.4 is 10.3 Å². The van der Waals surface area contributed by atoms with Crippen LogP contribution in [0, 0.1) is 18.6 Å². The molecule has 1 aliphatic rings. The molecule has 0 amide bonds. The summed E-state index contributed by atoms with van der Waals surface area (Å²) < 4.78 is 40.0. The van der Waals surface area contributed by atoms with E-state index in [1.807, 2.05) is 19.1 Å². The molecule has 33 heavy (non-hydrogen) atoms. The Bertz CT molecular complexity index is 1190. The predicted octanol–water partition coefficient (Wildman–Crippen LogP) is 4.66. The van der Waals surface area contributed by atoms with Gasteiger partial charge in [-0.25, -0.2) is 8.78 Å². The van der Waals surface area contributed by atoms with Crippen LogP contribution in [0.25, 0.3) is 0 Å². The number of nitrogens with zero attached hydrogens (tertiary/aromatic N) is 2. The van der Waals surface area contributed by atoms with Gasteiger partial charge in [0.2, 0.25) is 0 Å². The molecule has 2 aromatic carbocycles. The molecule has 3 aromatic rings. The maximum absolute atomic E-state index is 13.9. The fourth-order valence-corrected chi connectivity index (χ4v) is 4.28. The van der Waals surface area contributed by atoms with Crippen molar-refractivity contribution in [1.82, 2.24) is 9.47 Å². The number of pyridine rings is 1. The first kappa shape index (κ1) is 23.6. The molecule has 4 rings (SSSR count). The van der Waals surface area contributed by atoms with Crippen LogP contribution >= 0.6 is 15.9 Å². The van der Waals surface area contributed by atoms with Crippen molar-refractivity contribution in [2.45, 2.75) is 26.6 Å². The van der Waals surface area contributed by atoms with Crippen LogP contribution in [0.5, 0.6) is 5.75 Å². The summed E-state index contributed by atoms with van der Waals surface area (Å²) in [4.78, 5) is 15.4. The van der Waals surface area contributed by atoms with E-state index in [1.54, 1.807) is 10.6 Å². The van der Waals surface area contributed by atoms with Crippen molar-refractivity contribution in [3.05, 3.63) is 97.4 Å². The number of morpholine rings is 1. The third-order valence-corrected chi connectivity index (χ3v) is 6.39. The highest BCUT2D eigenvalue weighted by molar-refractivity contribution is 9.10. The molecule has 0 bridgehead atoms. The minimum absolute atomic E-state index is 0.114.